The molecule has 1 aliphatic heterocycles. The van der Waals surface area contributed by atoms with Crippen molar-refractivity contribution in [1.82, 2.24) is 5.32 Å². The van der Waals surface area contributed by atoms with Crippen LogP contribution in [-0.4, -0.2) is 13.2 Å². The molecule has 0 radical (unpaired) electrons. The maximum absolute atomic E-state index is 5.49. The Morgan fingerprint density at radius 3 is 2.62 bits per heavy atom. The summed E-state index contributed by atoms with van der Waals surface area (Å²) in [5, 5.41) is 3.27. The zero-order valence-corrected chi connectivity index (χ0v) is 7.92. The fraction of sp³-hybridized carbons (Fsp3) is 0.455. The van der Waals surface area contributed by atoms with E-state index in [-0.39, 0.29) is 0 Å². The van der Waals surface area contributed by atoms with E-state index in [1.54, 1.807) is 0 Å². The maximum atomic E-state index is 5.49. The number of rotatable bonds is 4. The second-order valence-corrected chi connectivity index (χ2v) is 3.38. The Labute approximate surface area is 78.9 Å². The van der Waals surface area contributed by atoms with Crippen molar-refractivity contribution < 1.29 is 4.74 Å². The van der Waals surface area contributed by atoms with Gasteiger partial charge in [-0.2, -0.15) is 0 Å². The van der Waals surface area contributed by atoms with Crippen LogP contribution in [0, 0.1) is 0 Å². The van der Waals surface area contributed by atoms with E-state index in [4.69, 9.17) is 4.74 Å². The molecule has 1 atom stereocenters. The lowest BCUT2D eigenvalue weighted by Gasteiger charge is -2.04. The normalized spacial score (nSPS) is 19.9. The number of hydrogen-bond donors (Lipinski definition) is 1. The summed E-state index contributed by atoms with van der Waals surface area (Å²) in [7, 11) is 0. The predicted molar refractivity (Wildman–Crippen MR) is 53.0 cm³/mol. The van der Waals surface area contributed by atoms with Gasteiger partial charge in [-0.25, -0.2) is 0 Å². The first-order chi connectivity index (χ1) is 6.40. The van der Waals surface area contributed by atoms with Crippen LogP contribution in [0.3, 0.4) is 0 Å². The van der Waals surface area contributed by atoms with Crippen LogP contribution in [0.25, 0.3) is 0 Å². The molecule has 1 heterocycles. The molecule has 13 heavy (non-hydrogen) atoms. The summed E-state index contributed by atoms with van der Waals surface area (Å²) in [5.74, 6) is 0.978. The van der Waals surface area contributed by atoms with Crippen molar-refractivity contribution in [3.63, 3.8) is 0 Å². The molecule has 1 saturated heterocycles. The van der Waals surface area contributed by atoms with Gasteiger partial charge in [-0.05, 0) is 24.1 Å². The molecule has 1 fully saturated rings. The molecular formula is C11H15NO. The first-order valence-corrected chi connectivity index (χ1v) is 4.86. The summed E-state index contributed by atoms with van der Waals surface area (Å²) < 4.78 is 5.49. The Bertz CT molecular complexity index is 264. The van der Waals surface area contributed by atoms with Gasteiger partial charge in [0.2, 0.25) is 0 Å². The molecule has 1 aromatic carbocycles. The second-order valence-electron chi connectivity index (χ2n) is 3.38. The summed E-state index contributed by atoms with van der Waals surface area (Å²) in [6.07, 6.45) is 1.06. The van der Waals surface area contributed by atoms with E-state index in [1.807, 2.05) is 12.1 Å². The van der Waals surface area contributed by atoms with E-state index < -0.39 is 0 Å². The van der Waals surface area contributed by atoms with Gasteiger partial charge in [0.15, 0.2) is 0 Å². The maximum Gasteiger partial charge on any atom is 0.119 e. The van der Waals surface area contributed by atoms with Crippen LogP contribution in [0.5, 0.6) is 5.75 Å². The molecule has 2 heteroatoms. The molecule has 0 bridgehead atoms. The third kappa shape index (κ3) is 2.22. The largest absolute Gasteiger partial charge is 0.494 e. The Balaban J connectivity index is 1.96. The predicted octanol–water partition coefficient (Wildman–Crippen LogP) is 2.12. The molecule has 0 spiro atoms. The molecule has 2 nitrogen and oxygen atoms in total. The van der Waals surface area contributed by atoms with E-state index in [9.17, 15) is 0 Å². The highest BCUT2D eigenvalue weighted by Gasteiger charge is 2.21. The summed E-state index contributed by atoms with van der Waals surface area (Å²) in [4.78, 5) is 0. The molecule has 0 saturated carbocycles. The van der Waals surface area contributed by atoms with E-state index >= 15 is 0 Å². The molecule has 0 aromatic heterocycles. The summed E-state index contributed by atoms with van der Waals surface area (Å²) >= 11 is 0. The van der Waals surface area contributed by atoms with Gasteiger partial charge in [0.25, 0.3) is 0 Å². The fourth-order valence-corrected chi connectivity index (χ4v) is 1.31. The highest BCUT2D eigenvalue weighted by Crippen LogP contribution is 2.23. The van der Waals surface area contributed by atoms with Crippen LogP contribution < -0.4 is 10.1 Å². The Hall–Kier alpha value is -1.02. The van der Waals surface area contributed by atoms with Gasteiger partial charge in [-0.3, -0.25) is 0 Å². The fourth-order valence-electron chi connectivity index (χ4n) is 1.31. The number of nitrogens with one attached hydrogen (secondary N) is 1. The van der Waals surface area contributed by atoms with Crippen molar-refractivity contribution >= 4 is 0 Å². The zero-order chi connectivity index (χ0) is 9.10. The summed E-state index contributed by atoms with van der Waals surface area (Å²) in [5.41, 5.74) is 1.36. The second kappa shape index (κ2) is 3.79. The smallest absolute Gasteiger partial charge is 0.119 e. The molecule has 0 amide bonds. The molecule has 0 aliphatic carbocycles. The van der Waals surface area contributed by atoms with E-state index in [1.165, 1.54) is 5.56 Å². The van der Waals surface area contributed by atoms with Gasteiger partial charge >= 0.3 is 0 Å². The van der Waals surface area contributed by atoms with Crippen LogP contribution in [0.2, 0.25) is 0 Å². The van der Waals surface area contributed by atoms with Crippen molar-refractivity contribution in [3.05, 3.63) is 29.8 Å². The van der Waals surface area contributed by atoms with Crippen LogP contribution in [-0.2, 0) is 0 Å². The van der Waals surface area contributed by atoms with Crippen molar-refractivity contribution in [2.24, 2.45) is 0 Å². The van der Waals surface area contributed by atoms with Crippen LogP contribution in [0.4, 0.5) is 0 Å². The van der Waals surface area contributed by atoms with Crippen LogP contribution in [0.15, 0.2) is 24.3 Å². The molecule has 1 N–H and O–H groups in total. The van der Waals surface area contributed by atoms with Crippen molar-refractivity contribution in [2.75, 3.05) is 13.2 Å². The minimum atomic E-state index is 0.597. The minimum Gasteiger partial charge on any atom is -0.494 e. The van der Waals surface area contributed by atoms with Gasteiger partial charge < -0.3 is 10.1 Å². The zero-order valence-electron chi connectivity index (χ0n) is 7.92. The van der Waals surface area contributed by atoms with Crippen LogP contribution >= 0.6 is 0 Å². The SMILES string of the molecule is CCCOc1ccc([C@H]2CN2)cc1. The highest BCUT2D eigenvalue weighted by atomic mass is 16.5. The van der Waals surface area contributed by atoms with Crippen molar-refractivity contribution in [2.45, 2.75) is 19.4 Å². The van der Waals surface area contributed by atoms with Gasteiger partial charge in [0.05, 0.1) is 6.61 Å². The Kier molecular flexibility index (Phi) is 2.50. The third-order valence-electron chi connectivity index (χ3n) is 2.16. The quantitative estimate of drug-likeness (QED) is 0.714. The number of benzene rings is 1. The standard InChI is InChI=1S/C11H15NO/c1-2-7-13-10-5-3-9(4-6-10)11-8-12-11/h3-6,11-12H,2,7-8H2,1H3/t11-/m1/s1. The van der Waals surface area contributed by atoms with Crippen molar-refractivity contribution in [1.29, 1.82) is 0 Å². The first-order valence-electron chi connectivity index (χ1n) is 4.86. The summed E-state index contributed by atoms with van der Waals surface area (Å²) in [6.45, 7) is 4.04. The van der Waals surface area contributed by atoms with Gasteiger partial charge in [-0.15, -0.1) is 0 Å². The van der Waals surface area contributed by atoms with E-state index in [0.29, 0.717) is 6.04 Å². The summed E-state index contributed by atoms with van der Waals surface area (Å²) in [6, 6.07) is 8.96. The van der Waals surface area contributed by atoms with Gasteiger partial charge in [-0.1, -0.05) is 19.1 Å². The average molecular weight is 177 g/mol. The number of ether oxygens (including phenoxy) is 1. The lowest BCUT2D eigenvalue weighted by atomic mass is 10.1. The molecule has 1 aromatic rings. The Morgan fingerprint density at radius 2 is 2.08 bits per heavy atom. The monoisotopic (exact) mass is 177 g/mol. The topological polar surface area (TPSA) is 31.2 Å². The van der Waals surface area contributed by atoms with Crippen LogP contribution in [0.1, 0.15) is 24.9 Å². The lowest BCUT2D eigenvalue weighted by Crippen LogP contribution is -1.94. The van der Waals surface area contributed by atoms with Gasteiger partial charge in [0, 0.05) is 12.6 Å². The molecule has 0 unspecified atom stereocenters. The lowest BCUT2D eigenvalue weighted by molar-refractivity contribution is 0.317. The Morgan fingerprint density at radius 1 is 1.38 bits per heavy atom. The minimum absolute atomic E-state index is 0.597. The van der Waals surface area contributed by atoms with E-state index in [0.717, 1.165) is 25.3 Å². The van der Waals surface area contributed by atoms with Crippen molar-refractivity contribution in [3.8, 4) is 5.75 Å². The van der Waals surface area contributed by atoms with E-state index in [2.05, 4.69) is 24.4 Å². The number of hydrogen-bond acceptors (Lipinski definition) is 2. The van der Waals surface area contributed by atoms with Gasteiger partial charge in [0.1, 0.15) is 5.75 Å². The average Bonchev–Trinajstić information content (AvgIpc) is 2.99. The molecule has 1 aliphatic rings. The first kappa shape index (κ1) is 8.57. The molecular weight excluding hydrogens is 162 g/mol. The molecule has 2 rings (SSSR count). The third-order valence-corrected chi connectivity index (χ3v) is 2.16. The molecule has 70 valence electrons. The highest BCUT2D eigenvalue weighted by molar-refractivity contribution is 5.31.